The molecule has 3 aromatic rings. The number of Topliss-reactive ketones (excluding diaryl/α,β-unsaturated/α-hetero) is 1. The Balaban J connectivity index is 1.98. The van der Waals surface area contributed by atoms with E-state index in [2.05, 4.69) is 0 Å². The van der Waals surface area contributed by atoms with Gasteiger partial charge in [-0.3, -0.25) is 14.5 Å². The fourth-order valence-electron chi connectivity index (χ4n) is 3.81. The second-order valence-corrected chi connectivity index (χ2v) is 7.48. The molecule has 7 nitrogen and oxygen atoms in total. The maximum Gasteiger partial charge on any atom is 0.300 e. The number of ether oxygens (including phenoxy) is 1. The number of aliphatic hydroxyl groups is 1. The summed E-state index contributed by atoms with van der Waals surface area (Å²) < 4.78 is 5.20. The van der Waals surface area contributed by atoms with Gasteiger partial charge < -0.3 is 20.1 Å². The van der Waals surface area contributed by atoms with E-state index in [9.17, 15) is 24.9 Å². The number of benzene rings is 3. The molecule has 0 bridgehead atoms. The van der Waals surface area contributed by atoms with Crippen LogP contribution in [0.4, 0.5) is 5.69 Å². The van der Waals surface area contributed by atoms with Crippen molar-refractivity contribution >= 4 is 23.1 Å². The van der Waals surface area contributed by atoms with Crippen molar-refractivity contribution in [2.24, 2.45) is 0 Å². The average molecular weight is 431 g/mol. The third-order valence-corrected chi connectivity index (χ3v) is 5.39. The Morgan fingerprint density at radius 3 is 2.38 bits per heavy atom. The van der Waals surface area contributed by atoms with Gasteiger partial charge in [0.15, 0.2) is 0 Å². The van der Waals surface area contributed by atoms with Crippen LogP contribution in [0.1, 0.15) is 22.7 Å². The van der Waals surface area contributed by atoms with E-state index in [1.54, 1.807) is 55.5 Å². The van der Waals surface area contributed by atoms with Crippen LogP contribution in [-0.2, 0) is 9.59 Å². The van der Waals surface area contributed by atoms with Crippen LogP contribution < -0.4 is 9.64 Å². The summed E-state index contributed by atoms with van der Waals surface area (Å²) >= 11 is 0. The number of phenolic OH excluding ortho intramolecular Hbond substituents is 2. The van der Waals surface area contributed by atoms with Crippen LogP contribution in [0, 0.1) is 6.92 Å². The summed E-state index contributed by atoms with van der Waals surface area (Å²) in [6.45, 7) is 1.80. The number of rotatable bonds is 4. The minimum absolute atomic E-state index is 0.0110. The van der Waals surface area contributed by atoms with Crippen LogP contribution >= 0.6 is 0 Å². The molecule has 0 aliphatic carbocycles. The fourth-order valence-corrected chi connectivity index (χ4v) is 3.81. The van der Waals surface area contributed by atoms with Crippen LogP contribution in [-0.4, -0.2) is 34.1 Å². The van der Waals surface area contributed by atoms with Gasteiger partial charge in [-0.05, 0) is 54.4 Å². The molecule has 1 aliphatic heterocycles. The van der Waals surface area contributed by atoms with E-state index in [0.717, 1.165) is 5.56 Å². The largest absolute Gasteiger partial charge is 0.508 e. The zero-order valence-corrected chi connectivity index (χ0v) is 17.4. The predicted molar refractivity (Wildman–Crippen MR) is 119 cm³/mol. The number of hydrogen-bond donors (Lipinski definition) is 3. The lowest BCUT2D eigenvalue weighted by Gasteiger charge is -2.26. The molecule has 1 atom stereocenters. The second kappa shape index (κ2) is 8.11. The molecular weight excluding hydrogens is 410 g/mol. The second-order valence-electron chi connectivity index (χ2n) is 7.48. The first-order valence-electron chi connectivity index (χ1n) is 9.85. The Morgan fingerprint density at radius 1 is 0.969 bits per heavy atom. The summed E-state index contributed by atoms with van der Waals surface area (Å²) in [6, 6.07) is 16.2. The minimum Gasteiger partial charge on any atom is -0.508 e. The normalized spacial score (nSPS) is 17.6. The quantitative estimate of drug-likeness (QED) is 0.327. The van der Waals surface area contributed by atoms with Crippen LogP contribution in [0.3, 0.4) is 0 Å². The summed E-state index contributed by atoms with van der Waals surface area (Å²) in [5.41, 5.74) is 1.58. The van der Waals surface area contributed by atoms with Gasteiger partial charge in [0.1, 0.15) is 23.0 Å². The molecule has 162 valence electrons. The Kier molecular flexibility index (Phi) is 5.32. The van der Waals surface area contributed by atoms with Gasteiger partial charge in [-0.2, -0.15) is 0 Å². The Bertz CT molecular complexity index is 1250. The molecule has 4 rings (SSSR count). The molecule has 0 radical (unpaired) electrons. The van der Waals surface area contributed by atoms with Crippen molar-refractivity contribution in [1.29, 1.82) is 0 Å². The highest BCUT2D eigenvalue weighted by atomic mass is 16.5. The smallest absolute Gasteiger partial charge is 0.300 e. The molecule has 32 heavy (non-hydrogen) atoms. The standard InChI is InChI=1S/C25H21NO6/c1-14-6-11-20(28)19(12-14)26-22(15-7-9-17(27)10-8-15)21(24(30)25(26)31)23(29)16-4-3-5-18(13-16)32-2/h3-13,22,27-29H,1-2H3/b23-21+. The number of anilines is 1. The van der Waals surface area contributed by atoms with E-state index in [4.69, 9.17) is 4.74 Å². The van der Waals surface area contributed by atoms with E-state index in [-0.39, 0.29) is 28.5 Å². The molecule has 1 saturated heterocycles. The number of carbonyl (C=O) groups is 2. The molecule has 3 N–H and O–H groups in total. The van der Waals surface area contributed by atoms with Gasteiger partial charge in [0.2, 0.25) is 0 Å². The van der Waals surface area contributed by atoms with Gasteiger partial charge in [0, 0.05) is 5.56 Å². The maximum atomic E-state index is 13.1. The highest BCUT2D eigenvalue weighted by molar-refractivity contribution is 6.51. The van der Waals surface area contributed by atoms with Gasteiger partial charge in [0.25, 0.3) is 11.7 Å². The average Bonchev–Trinajstić information content (AvgIpc) is 3.06. The molecule has 1 fully saturated rings. The van der Waals surface area contributed by atoms with E-state index < -0.39 is 17.7 Å². The van der Waals surface area contributed by atoms with Crippen molar-refractivity contribution < 1.29 is 29.6 Å². The molecular formula is C25H21NO6. The SMILES string of the molecule is COc1cccc(/C(O)=C2\C(=O)C(=O)N(c3cc(C)ccc3O)C2c2ccc(O)cc2)c1. The number of methoxy groups -OCH3 is 1. The molecule has 1 aliphatic rings. The zero-order valence-electron chi connectivity index (χ0n) is 17.4. The lowest BCUT2D eigenvalue weighted by molar-refractivity contribution is -0.132. The summed E-state index contributed by atoms with van der Waals surface area (Å²) in [7, 11) is 1.48. The number of carbonyl (C=O) groups excluding carboxylic acids is 2. The number of aromatic hydroxyl groups is 2. The summed E-state index contributed by atoms with van der Waals surface area (Å²) in [6.07, 6.45) is 0. The van der Waals surface area contributed by atoms with Crippen molar-refractivity contribution in [2.75, 3.05) is 12.0 Å². The monoisotopic (exact) mass is 431 g/mol. The van der Waals surface area contributed by atoms with Crippen LogP contribution in [0.5, 0.6) is 17.2 Å². The molecule has 0 saturated carbocycles. The van der Waals surface area contributed by atoms with Gasteiger partial charge in [-0.25, -0.2) is 0 Å². The first kappa shape index (κ1) is 21.0. The lowest BCUT2D eigenvalue weighted by Crippen LogP contribution is -2.29. The highest BCUT2D eigenvalue weighted by Crippen LogP contribution is 2.45. The van der Waals surface area contributed by atoms with Gasteiger partial charge in [-0.1, -0.05) is 30.3 Å². The Labute approximate surface area is 184 Å². The summed E-state index contributed by atoms with van der Waals surface area (Å²) in [5, 5.41) is 31.3. The predicted octanol–water partition coefficient (Wildman–Crippen LogP) is 4.04. The van der Waals surface area contributed by atoms with E-state index >= 15 is 0 Å². The van der Waals surface area contributed by atoms with Crippen LogP contribution in [0.25, 0.3) is 5.76 Å². The molecule has 3 aromatic carbocycles. The number of nitrogens with zero attached hydrogens (tertiary/aromatic N) is 1. The van der Waals surface area contributed by atoms with E-state index in [1.165, 1.54) is 30.2 Å². The molecule has 0 aromatic heterocycles. The third kappa shape index (κ3) is 3.54. The van der Waals surface area contributed by atoms with E-state index in [0.29, 0.717) is 16.9 Å². The number of ketones is 1. The van der Waals surface area contributed by atoms with Crippen molar-refractivity contribution in [3.8, 4) is 17.2 Å². The van der Waals surface area contributed by atoms with E-state index in [1.807, 2.05) is 0 Å². The highest BCUT2D eigenvalue weighted by Gasteiger charge is 2.47. The molecule has 7 heteroatoms. The third-order valence-electron chi connectivity index (χ3n) is 5.39. The minimum atomic E-state index is -1.02. The van der Waals surface area contributed by atoms with Crippen molar-refractivity contribution in [3.63, 3.8) is 0 Å². The lowest BCUT2D eigenvalue weighted by atomic mass is 9.95. The van der Waals surface area contributed by atoms with Crippen molar-refractivity contribution in [2.45, 2.75) is 13.0 Å². The number of phenols is 2. The number of aryl methyl sites for hydroxylation is 1. The fraction of sp³-hybridized carbons (Fsp3) is 0.120. The van der Waals surface area contributed by atoms with Gasteiger partial charge >= 0.3 is 0 Å². The van der Waals surface area contributed by atoms with Crippen molar-refractivity contribution in [1.82, 2.24) is 0 Å². The van der Waals surface area contributed by atoms with Crippen LogP contribution in [0.2, 0.25) is 0 Å². The number of hydrogen-bond acceptors (Lipinski definition) is 6. The number of amides is 1. The molecule has 0 spiro atoms. The first-order chi connectivity index (χ1) is 15.3. The topological polar surface area (TPSA) is 107 Å². The maximum absolute atomic E-state index is 13.1. The van der Waals surface area contributed by atoms with Crippen LogP contribution in [0.15, 0.2) is 72.3 Å². The molecule has 1 amide bonds. The summed E-state index contributed by atoms with van der Waals surface area (Å²) in [4.78, 5) is 27.4. The van der Waals surface area contributed by atoms with Gasteiger partial charge in [0.05, 0.1) is 24.4 Å². The zero-order chi connectivity index (χ0) is 23.0. The molecule has 1 heterocycles. The Hall–Kier alpha value is -4.26. The van der Waals surface area contributed by atoms with Gasteiger partial charge in [-0.15, -0.1) is 0 Å². The molecule has 1 unspecified atom stereocenters. The first-order valence-corrected chi connectivity index (χ1v) is 9.85. The number of aliphatic hydroxyl groups excluding tert-OH is 1. The summed E-state index contributed by atoms with van der Waals surface area (Å²) in [5.74, 6) is -1.83. The van der Waals surface area contributed by atoms with Crippen molar-refractivity contribution in [3.05, 3.63) is 89.0 Å². The Morgan fingerprint density at radius 2 is 1.69 bits per heavy atom.